The van der Waals surface area contributed by atoms with Crippen LogP contribution < -0.4 is 20.3 Å². The van der Waals surface area contributed by atoms with E-state index >= 15 is 0 Å². The lowest BCUT2D eigenvalue weighted by molar-refractivity contribution is 0.0265. The van der Waals surface area contributed by atoms with Crippen LogP contribution in [0, 0.1) is 0 Å². The summed E-state index contributed by atoms with van der Waals surface area (Å²) in [6.45, 7) is 1.56. The molecule has 2 N–H and O–H groups in total. The normalized spacial score (nSPS) is 19.3. The second kappa shape index (κ2) is 10.1. The van der Waals surface area contributed by atoms with Crippen molar-refractivity contribution in [2.24, 2.45) is 0 Å². The number of likely N-dealkylation sites (N-methyl/N-ethyl adjacent to an activating group) is 1. The lowest BCUT2D eigenvalue weighted by atomic mass is 10.0. The molecule has 6 rings (SSSR count). The molecule has 2 aliphatic heterocycles. The number of anilines is 3. The van der Waals surface area contributed by atoms with E-state index in [-0.39, 0.29) is 24.1 Å². The molecule has 0 bridgehead atoms. The van der Waals surface area contributed by atoms with Crippen LogP contribution in [0.25, 0.3) is 10.2 Å². The van der Waals surface area contributed by atoms with Gasteiger partial charge in [-0.05, 0) is 55.9 Å². The number of aromatic nitrogens is 1. The van der Waals surface area contributed by atoms with Crippen LogP contribution in [0.3, 0.4) is 0 Å². The number of nitrogens with one attached hydrogen (secondary N) is 2. The Morgan fingerprint density at radius 2 is 1.84 bits per heavy atom. The van der Waals surface area contributed by atoms with Crippen molar-refractivity contribution in [2.75, 3.05) is 37.5 Å². The first-order valence-electron chi connectivity index (χ1n) is 12.4. The zero-order valence-electron chi connectivity index (χ0n) is 21.0. The molecule has 4 aromatic rings. The Balaban J connectivity index is 1.28. The van der Waals surface area contributed by atoms with Crippen molar-refractivity contribution in [3.63, 3.8) is 0 Å². The monoisotopic (exact) mass is 529 g/mol. The molecule has 0 radical (unpaired) electrons. The molecule has 1 saturated heterocycles. The predicted octanol–water partition coefficient (Wildman–Crippen LogP) is 5.22. The second-order valence-electron chi connectivity index (χ2n) is 9.48. The number of urea groups is 1. The van der Waals surface area contributed by atoms with Crippen molar-refractivity contribution in [3.8, 4) is 11.5 Å². The Labute approximate surface area is 224 Å². The molecule has 194 valence electrons. The molecule has 1 fully saturated rings. The minimum absolute atomic E-state index is 0.0524. The lowest BCUT2D eigenvalue weighted by Gasteiger charge is -2.35. The van der Waals surface area contributed by atoms with Gasteiger partial charge in [-0.3, -0.25) is 9.69 Å². The van der Waals surface area contributed by atoms with Crippen molar-refractivity contribution in [1.29, 1.82) is 0 Å². The van der Waals surface area contributed by atoms with Crippen LogP contribution in [0.4, 0.5) is 21.9 Å². The van der Waals surface area contributed by atoms with Gasteiger partial charge in [-0.2, -0.15) is 0 Å². The largest absolute Gasteiger partial charge is 0.457 e. The first-order valence-corrected chi connectivity index (χ1v) is 13.2. The standard InChI is InChI=1S/C28H27N5O4S/c1-32-15-17(14-21(16-32)36-2)30-26(34)25-24-23-22(12-13-29-27(23)38-25)33(28(35)31-24)18-8-10-20(11-9-18)37-19-6-4-3-5-7-19/h3-13,17,21H,14-16H2,1-2H3,(H,30,34)(H,31,35)/t17-,21-/m1/s1. The molecular formula is C28H27N5O4S. The van der Waals surface area contributed by atoms with Gasteiger partial charge in [0, 0.05) is 32.4 Å². The number of thiophene rings is 1. The van der Waals surface area contributed by atoms with E-state index in [2.05, 4.69) is 20.5 Å². The number of carbonyl (C=O) groups excluding carboxylic acids is 2. The van der Waals surface area contributed by atoms with Gasteiger partial charge in [0.15, 0.2) is 0 Å². The Hall–Kier alpha value is -3.99. The number of nitrogens with zero attached hydrogens (tertiary/aromatic N) is 3. The molecular weight excluding hydrogens is 502 g/mol. The third-order valence-corrected chi connectivity index (χ3v) is 7.89. The SMILES string of the molecule is CO[C@@H]1C[C@@H](NC(=O)c2sc3nccc4c3c2NC(=O)N4c2ccc(Oc3ccccc3)cc2)CN(C)C1. The van der Waals surface area contributed by atoms with Gasteiger partial charge >= 0.3 is 6.03 Å². The van der Waals surface area contributed by atoms with Crippen LogP contribution in [0.1, 0.15) is 16.1 Å². The first kappa shape index (κ1) is 24.4. The number of amides is 3. The van der Waals surface area contributed by atoms with Crippen LogP contribution >= 0.6 is 11.3 Å². The average Bonchev–Trinajstić information content (AvgIpc) is 3.29. The van der Waals surface area contributed by atoms with E-state index in [4.69, 9.17) is 9.47 Å². The summed E-state index contributed by atoms with van der Waals surface area (Å²) in [5, 5.41) is 6.84. The number of benzene rings is 2. The van der Waals surface area contributed by atoms with Gasteiger partial charge in [0.25, 0.3) is 5.91 Å². The number of likely N-dealkylation sites (tertiary alicyclic amines) is 1. The quantitative estimate of drug-likeness (QED) is 0.356. The van der Waals surface area contributed by atoms with E-state index < -0.39 is 0 Å². The minimum Gasteiger partial charge on any atom is -0.457 e. The van der Waals surface area contributed by atoms with Crippen LogP contribution in [-0.2, 0) is 4.74 Å². The highest BCUT2D eigenvalue weighted by molar-refractivity contribution is 7.21. The van der Waals surface area contributed by atoms with E-state index in [0.717, 1.165) is 30.6 Å². The van der Waals surface area contributed by atoms with Gasteiger partial charge in [0.05, 0.1) is 28.6 Å². The maximum absolute atomic E-state index is 13.4. The molecule has 2 aliphatic rings. The highest BCUT2D eigenvalue weighted by Gasteiger charge is 2.34. The van der Waals surface area contributed by atoms with Gasteiger partial charge < -0.3 is 25.0 Å². The highest BCUT2D eigenvalue weighted by atomic mass is 32.1. The molecule has 3 amide bonds. The van der Waals surface area contributed by atoms with Gasteiger partial charge in [-0.15, -0.1) is 11.3 Å². The number of hydrogen-bond donors (Lipinski definition) is 2. The Bertz CT molecular complexity index is 1490. The molecule has 0 unspecified atom stereocenters. The zero-order valence-corrected chi connectivity index (χ0v) is 21.8. The van der Waals surface area contributed by atoms with Crippen molar-refractivity contribution in [1.82, 2.24) is 15.2 Å². The molecule has 0 aliphatic carbocycles. The van der Waals surface area contributed by atoms with Crippen molar-refractivity contribution >= 4 is 50.6 Å². The third-order valence-electron chi connectivity index (χ3n) is 6.79. The van der Waals surface area contributed by atoms with Crippen molar-refractivity contribution < 1.29 is 19.1 Å². The van der Waals surface area contributed by atoms with Gasteiger partial charge in [0.1, 0.15) is 21.2 Å². The summed E-state index contributed by atoms with van der Waals surface area (Å²) in [7, 11) is 3.70. The lowest BCUT2D eigenvalue weighted by Crippen LogP contribution is -2.51. The van der Waals surface area contributed by atoms with Crippen LogP contribution in [0.2, 0.25) is 0 Å². The maximum Gasteiger partial charge on any atom is 0.331 e. The van der Waals surface area contributed by atoms with E-state index in [1.807, 2.05) is 61.6 Å². The molecule has 2 aromatic carbocycles. The molecule has 4 heterocycles. The smallest absolute Gasteiger partial charge is 0.331 e. The number of piperidine rings is 1. The second-order valence-corrected chi connectivity index (χ2v) is 10.5. The molecule has 0 saturated carbocycles. The van der Waals surface area contributed by atoms with E-state index in [9.17, 15) is 9.59 Å². The summed E-state index contributed by atoms with van der Waals surface area (Å²) in [4.78, 5) is 36.1. The van der Waals surface area contributed by atoms with Crippen LogP contribution in [0.15, 0.2) is 66.9 Å². The van der Waals surface area contributed by atoms with E-state index in [1.165, 1.54) is 11.3 Å². The van der Waals surface area contributed by atoms with Crippen LogP contribution in [0.5, 0.6) is 11.5 Å². The summed E-state index contributed by atoms with van der Waals surface area (Å²) in [5.74, 6) is 1.18. The number of carbonyl (C=O) groups is 2. The summed E-state index contributed by atoms with van der Waals surface area (Å²) in [6, 6.07) is 18.2. The molecule has 2 atom stereocenters. The fraction of sp³-hybridized carbons (Fsp3) is 0.250. The number of pyridine rings is 1. The summed E-state index contributed by atoms with van der Waals surface area (Å²) < 4.78 is 11.4. The minimum atomic E-state index is -0.342. The average molecular weight is 530 g/mol. The Morgan fingerprint density at radius 1 is 1.08 bits per heavy atom. The Kier molecular flexibility index (Phi) is 6.44. The molecule has 0 spiro atoms. The number of methoxy groups -OCH3 is 1. The third kappa shape index (κ3) is 4.58. The maximum atomic E-state index is 13.4. The number of rotatable bonds is 6. The zero-order chi connectivity index (χ0) is 26.2. The number of para-hydroxylation sites is 1. The van der Waals surface area contributed by atoms with Gasteiger partial charge in [-0.1, -0.05) is 18.2 Å². The van der Waals surface area contributed by atoms with Gasteiger partial charge in [-0.25, -0.2) is 9.78 Å². The Morgan fingerprint density at radius 3 is 2.61 bits per heavy atom. The molecule has 9 nitrogen and oxygen atoms in total. The fourth-order valence-electron chi connectivity index (χ4n) is 5.08. The van der Waals surface area contributed by atoms with Crippen LogP contribution in [-0.4, -0.2) is 61.2 Å². The van der Waals surface area contributed by atoms with Crippen molar-refractivity contribution in [2.45, 2.75) is 18.6 Å². The van der Waals surface area contributed by atoms with Gasteiger partial charge in [0.2, 0.25) is 0 Å². The number of ether oxygens (including phenoxy) is 2. The van der Waals surface area contributed by atoms with E-state index in [0.29, 0.717) is 32.5 Å². The van der Waals surface area contributed by atoms with E-state index in [1.54, 1.807) is 24.3 Å². The topological polar surface area (TPSA) is 96.0 Å². The van der Waals surface area contributed by atoms with Crippen molar-refractivity contribution in [3.05, 3.63) is 71.7 Å². The summed E-state index contributed by atoms with van der Waals surface area (Å²) in [5.41, 5.74) is 1.86. The summed E-state index contributed by atoms with van der Waals surface area (Å²) >= 11 is 1.28. The summed E-state index contributed by atoms with van der Waals surface area (Å²) in [6.07, 6.45) is 2.46. The molecule has 38 heavy (non-hydrogen) atoms. The number of hydrogen-bond acceptors (Lipinski definition) is 7. The molecule has 2 aromatic heterocycles. The fourth-order valence-corrected chi connectivity index (χ4v) is 6.10. The predicted molar refractivity (Wildman–Crippen MR) is 148 cm³/mol. The highest BCUT2D eigenvalue weighted by Crippen LogP contribution is 2.45. The first-order chi connectivity index (χ1) is 18.5. The molecule has 10 heteroatoms.